The van der Waals surface area contributed by atoms with Crippen LogP contribution in [0.4, 0.5) is 5.69 Å². The highest BCUT2D eigenvalue weighted by molar-refractivity contribution is 14.1. The summed E-state index contributed by atoms with van der Waals surface area (Å²) in [6.45, 7) is 1.68. The average Bonchev–Trinajstić information content (AvgIpc) is 2.53. The summed E-state index contributed by atoms with van der Waals surface area (Å²) >= 11 is 2.18. The van der Waals surface area contributed by atoms with E-state index in [4.69, 9.17) is 0 Å². The smallest absolute Gasteiger partial charge is 0.272 e. The molecule has 0 atom stereocenters. The molecule has 23 heavy (non-hydrogen) atoms. The molecule has 1 heterocycles. The van der Waals surface area contributed by atoms with E-state index in [1.165, 1.54) is 6.20 Å². The Morgan fingerprint density at radius 2 is 2.09 bits per heavy atom. The lowest BCUT2D eigenvalue weighted by Crippen LogP contribution is -2.21. The number of halogens is 1. The van der Waals surface area contributed by atoms with Crippen LogP contribution in [0.2, 0.25) is 0 Å². The molecular formula is C16H15IN4O2. The fraction of sp³-hybridized carbons (Fsp3) is 0.125. The third-order valence-electron chi connectivity index (χ3n) is 2.80. The molecule has 7 heteroatoms. The van der Waals surface area contributed by atoms with Gasteiger partial charge in [-0.3, -0.25) is 14.6 Å². The van der Waals surface area contributed by atoms with Crippen LogP contribution < -0.4 is 10.7 Å². The predicted octanol–water partition coefficient (Wildman–Crippen LogP) is 2.82. The molecule has 2 amide bonds. The van der Waals surface area contributed by atoms with E-state index in [9.17, 15) is 9.59 Å². The zero-order valence-corrected chi connectivity index (χ0v) is 14.6. The number of nitrogens with zero attached hydrogens (tertiary/aromatic N) is 2. The quantitative estimate of drug-likeness (QED) is 0.442. The van der Waals surface area contributed by atoms with Crippen molar-refractivity contribution < 1.29 is 9.59 Å². The van der Waals surface area contributed by atoms with Crippen LogP contribution in [0.3, 0.4) is 0 Å². The number of hydrogen-bond donors (Lipinski definition) is 2. The van der Waals surface area contributed by atoms with Crippen molar-refractivity contribution in [2.24, 2.45) is 5.10 Å². The number of carbonyl (C=O) groups is 2. The van der Waals surface area contributed by atoms with Gasteiger partial charge in [0.15, 0.2) is 0 Å². The first-order valence-corrected chi connectivity index (χ1v) is 7.91. The average molecular weight is 422 g/mol. The number of rotatable bonds is 5. The lowest BCUT2D eigenvalue weighted by Gasteiger charge is -2.06. The Morgan fingerprint density at radius 1 is 1.26 bits per heavy atom. The van der Waals surface area contributed by atoms with Gasteiger partial charge in [0.25, 0.3) is 5.91 Å². The molecule has 0 unspecified atom stereocenters. The summed E-state index contributed by atoms with van der Waals surface area (Å²) in [5.74, 6) is -0.556. The molecule has 118 valence electrons. The molecule has 0 saturated carbocycles. The number of aromatic nitrogens is 1. The largest absolute Gasteiger partial charge is 0.326 e. The van der Waals surface area contributed by atoms with E-state index in [0.29, 0.717) is 11.3 Å². The molecule has 6 nitrogen and oxygen atoms in total. The number of carbonyl (C=O) groups excluding carboxylic acids is 2. The van der Waals surface area contributed by atoms with E-state index in [1.54, 1.807) is 25.3 Å². The van der Waals surface area contributed by atoms with Gasteiger partial charge in [-0.2, -0.15) is 5.10 Å². The number of amides is 2. The van der Waals surface area contributed by atoms with Crippen molar-refractivity contribution in [3.63, 3.8) is 0 Å². The van der Waals surface area contributed by atoms with Crippen molar-refractivity contribution in [1.29, 1.82) is 0 Å². The molecule has 0 spiro atoms. The van der Waals surface area contributed by atoms with Crippen LogP contribution in [0.5, 0.6) is 0 Å². The second kappa shape index (κ2) is 8.37. The summed E-state index contributed by atoms with van der Waals surface area (Å²) < 4.78 is 1.04. The van der Waals surface area contributed by atoms with Crippen molar-refractivity contribution in [1.82, 2.24) is 10.4 Å². The molecule has 2 rings (SSSR count). The molecule has 0 radical (unpaired) electrons. The molecule has 2 N–H and O–H groups in total. The third-order valence-corrected chi connectivity index (χ3v) is 3.47. The summed E-state index contributed by atoms with van der Waals surface area (Å²) in [6, 6.07) is 10.8. The molecule has 2 aromatic rings. The van der Waals surface area contributed by atoms with Gasteiger partial charge in [0.1, 0.15) is 0 Å². The molecular weight excluding hydrogens is 407 g/mol. The number of benzene rings is 1. The van der Waals surface area contributed by atoms with Crippen LogP contribution in [0.1, 0.15) is 23.7 Å². The highest BCUT2D eigenvalue weighted by Gasteiger charge is 2.07. The molecule has 0 bridgehead atoms. The Balaban J connectivity index is 1.87. The zero-order chi connectivity index (χ0) is 16.7. The summed E-state index contributed by atoms with van der Waals surface area (Å²) in [5, 5.41) is 6.71. The van der Waals surface area contributed by atoms with Gasteiger partial charge in [-0.1, -0.05) is 6.07 Å². The fourth-order valence-electron chi connectivity index (χ4n) is 1.75. The van der Waals surface area contributed by atoms with Crippen LogP contribution in [-0.2, 0) is 4.79 Å². The minimum atomic E-state index is -0.365. The molecule has 0 saturated heterocycles. The number of anilines is 1. The van der Waals surface area contributed by atoms with Gasteiger partial charge in [0.2, 0.25) is 5.91 Å². The standard InChI is InChI=1S/C16H15IN4O2/c1-11(20-21-16(23)12-4-3-7-18-10-12)8-15(22)19-14-6-2-5-13(17)9-14/h2-7,9-10H,8H2,1H3,(H,19,22)(H,21,23). The van der Waals surface area contributed by atoms with Gasteiger partial charge in [0.05, 0.1) is 12.0 Å². The van der Waals surface area contributed by atoms with Gasteiger partial charge < -0.3 is 5.32 Å². The Labute approximate surface area is 147 Å². The summed E-state index contributed by atoms with van der Waals surface area (Å²) in [6.07, 6.45) is 3.13. The van der Waals surface area contributed by atoms with Gasteiger partial charge in [0, 0.05) is 27.4 Å². The van der Waals surface area contributed by atoms with Crippen LogP contribution in [-0.4, -0.2) is 22.5 Å². The van der Waals surface area contributed by atoms with E-state index in [2.05, 4.69) is 43.4 Å². The Kier molecular flexibility index (Phi) is 6.21. The molecule has 0 aliphatic carbocycles. The van der Waals surface area contributed by atoms with Crippen molar-refractivity contribution in [3.05, 3.63) is 57.9 Å². The number of hydrazone groups is 1. The van der Waals surface area contributed by atoms with E-state index >= 15 is 0 Å². The summed E-state index contributed by atoms with van der Waals surface area (Å²) in [7, 11) is 0. The van der Waals surface area contributed by atoms with Crippen LogP contribution >= 0.6 is 22.6 Å². The predicted molar refractivity (Wildman–Crippen MR) is 97.2 cm³/mol. The Bertz CT molecular complexity index is 732. The van der Waals surface area contributed by atoms with Crippen molar-refractivity contribution in [3.8, 4) is 0 Å². The SMILES string of the molecule is CC(CC(=O)Nc1cccc(I)c1)=NNC(=O)c1cccnc1. The highest BCUT2D eigenvalue weighted by Crippen LogP contribution is 2.12. The van der Waals surface area contributed by atoms with Gasteiger partial charge >= 0.3 is 0 Å². The molecule has 0 aliphatic rings. The number of pyridine rings is 1. The van der Waals surface area contributed by atoms with Gasteiger partial charge in [-0.05, 0) is 59.8 Å². The van der Waals surface area contributed by atoms with Crippen LogP contribution in [0, 0.1) is 3.57 Å². The van der Waals surface area contributed by atoms with E-state index in [1.807, 2.05) is 24.3 Å². The first-order chi connectivity index (χ1) is 11.0. The maximum absolute atomic E-state index is 11.9. The van der Waals surface area contributed by atoms with E-state index in [0.717, 1.165) is 9.26 Å². The fourth-order valence-corrected chi connectivity index (χ4v) is 2.29. The lowest BCUT2D eigenvalue weighted by molar-refractivity contribution is -0.115. The third kappa shape index (κ3) is 5.78. The minimum Gasteiger partial charge on any atom is -0.326 e. The molecule has 1 aromatic carbocycles. The van der Waals surface area contributed by atoms with Crippen LogP contribution in [0.15, 0.2) is 53.9 Å². The Hall–Kier alpha value is -2.29. The van der Waals surface area contributed by atoms with E-state index in [-0.39, 0.29) is 18.2 Å². The number of nitrogens with one attached hydrogen (secondary N) is 2. The van der Waals surface area contributed by atoms with Crippen molar-refractivity contribution >= 4 is 45.8 Å². The monoisotopic (exact) mass is 422 g/mol. The molecule has 1 aromatic heterocycles. The maximum atomic E-state index is 11.9. The van der Waals surface area contributed by atoms with E-state index < -0.39 is 0 Å². The van der Waals surface area contributed by atoms with Crippen LogP contribution in [0.25, 0.3) is 0 Å². The highest BCUT2D eigenvalue weighted by atomic mass is 127. The van der Waals surface area contributed by atoms with Crippen molar-refractivity contribution in [2.75, 3.05) is 5.32 Å². The first kappa shape index (κ1) is 17.1. The molecule has 0 fully saturated rings. The van der Waals surface area contributed by atoms with Gasteiger partial charge in [-0.15, -0.1) is 0 Å². The zero-order valence-electron chi connectivity index (χ0n) is 12.4. The summed E-state index contributed by atoms with van der Waals surface area (Å²) in [4.78, 5) is 27.6. The normalized spacial score (nSPS) is 11.0. The van der Waals surface area contributed by atoms with Gasteiger partial charge in [-0.25, -0.2) is 5.43 Å². The Morgan fingerprint density at radius 3 is 2.78 bits per heavy atom. The summed E-state index contributed by atoms with van der Waals surface area (Å²) in [5.41, 5.74) is 4.05. The van der Waals surface area contributed by atoms with Crippen molar-refractivity contribution in [2.45, 2.75) is 13.3 Å². The number of hydrogen-bond acceptors (Lipinski definition) is 4. The first-order valence-electron chi connectivity index (χ1n) is 6.83. The molecule has 0 aliphatic heterocycles. The minimum absolute atomic E-state index is 0.0960. The lowest BCUT2D eigenvalue weighted by atomic mass is 10.2. The second-order valence-corrected chi connectivity index (χ2v) is 6.01. The topological polar surface area (TPSA) is 83.5 Å². The maximum Gasteiger partial charge on any atom is 0.272 e. The second-order valence-electron chi connectivity index (χ2n) is 4.77.